The first-order valence-electron chi connectivity index (χ1n) is 6.73. The van der Waals surface area contributed by atoms with Crippen LogP contribution in [0, 0.1) is 6.92 Å². The summed E-state index contributed by atoms with van der Waals surface area (Å²) >= 11 is 0. The molecule has 0 fully saturated rings. The number of rotatable bonds is 2. The van der Waals surface area contributed by atoms with Crippen molar-refractivity contribution in [1.29, 1.82) is 0 Å². The molecule has 2 aromatic heterocycles. The molecule has 0 spiro atoms. The fourth-order valence-electron chi connectivity index (χ4n) is 2.45. The number of hydrogen-bond donors (Lipinski definition) is 0. The van der Waals surface area contributed by atoms with E-state index >= 15 is 0 Å². The van der Waals surface area contributed by atoms with E-state index in [0.717, 1.165) is 11.3 Å². The molecule has 0 atom stereocenters. The molecule has 2 heterocycles. The van der Waals surface area contributed by atoms with Crippen LogP contribution in [0.5, 0.6) is 0 Å². The zero-order valence-corrected chi connectivity index (χ0v) is 11.7. The molecular formula is C18H17N2+. The van der Waals surface area contributed by atoms with Crippen molar-refractivity contribution in [3.05, 3.63) is 72.6 Å². The van der Waals surface area contributed by atoms with Crippen LogP contribution in [0.4, 0.5) is 0 Å². The van der Waals surface area contributed by atoms with Gasteiger partial charge in [0.2, 0.25) is 5.69 Å². The maximum atomic E-state index is 4.40. The Morgan fingerprint density at radius 2 is 1.80 bits per heavy atom. The highest BCUT2D eigenvalue weighted by Gasteiger charge is 2.12. The van der Waals surface area contributed by atoms with Crippen molar-refractivity contribution in [2.75, 3.05) is 0 Å². The fourth-order valence-corrected chi connectivity index (χ4v) is 2.45. The molecule has 0 saturated heterocycles. The van der Waals surface area contributed by atoms with E-state index in [1.807, 2.05) is 30.5 Å². The van der Waals surface area contributed by atoms with Gasteiger partial charge in [-0.2, -0.15) is 0 Å². The Morgan fingerprint density at radius 1 is 0.950 bits per heavy atom. The minimum atomic E-state index is 1.01. The maximum Gasteiger partial charge on any atom is 0.212 e. The molecule has 0 N–H and O–H groups in total. The van der Waals surface area contributed by atoms with Crippen molar-refractivity contribution in [3.63, 3.8) is 0 Å². The fraction of sp³-hybridized carbons (Fsp3) is 0.111. The van der Waals surface area contributed by atoms with E-state index in [1.54, 1.807) is 0 Å². The molecule has 0 aliphatic carbocycles. The number of benzene rings is 1. The summed E-state index contributed by atoms with van der Waals surface area (Å²) in [6, 6.07) is 18.8. The van der Waals surface area contributed by atoms with E-state index in [2.05, 4.69) is 60.1 Å². The SMILES string of the molecule is Cc1cc(-c2ccccn2)ccc1-c1cccc[n+]1C. The second-order valence-corrected chi connectivity index (χ2v) is 4.94. The number of pyridine rings is 2. The minimum absolute atomic E-state index is 1.01. The highest BCUT2D eigenvalue weighted by Crippen LogP contribution is 2.25. The summed E-state index contributed by atoms with van der Waals surface area (Å²) in [6.07, 6.45) is 3.90. The Bertz CT molecular complexity index is 733. The quantitative estimate of drug-likeness (QED) is 0.645. The summed E-state index contributed by atoms with van der Waals surface area (Å²) < 4.78 is 2.14. The van der Waals surface area contributed by atoms with Crippen LogP contribution < -0.4 is 4.57 Å². The molecule has 2 heteroatoms. The Morgan fingerprint density at radius 3 is 2.50 bits per heavy atom. The molecule has 0 radical (unpaired) electrons. The predicted molar refractivity (Wildman–Crippen MR) is 81.0 cm³/mol. The van der Waals surface area contributed by atoms with Gasteiger partial charge in [0.1, 0.15) is 7.05 Å². The summed E-state index contributed by atoms with van der Waals surface area (Å²) in [6.45, 7) is 2.15. The summed E-state index contributed by atoms with van der Waals surface area (Å²) in [4.78, 5) is 4.40. The van der Waals surface area contributed by atoms with Crippen molar-refractivity contribution in [2.24, 2.45) is 7.05 Å². The molecule has 0 amide bonds. The van der Waals surface area contributed by atoms with Crippen LogP contribution in [0.15, 0.2) is 67.0 Å². The van der Waals surface area contributed by atoms with Crippen LogP contribution in [0.2, 0.25) is 0 Å². The lowest BCUT2D eigenvalue weighted by molar-refractivity contribution is -0.660. The predicted octanol–water partition coefficient (Wildman–Crippen LogP) is 3.55. The lowest BCUT2D eigenvalue weighted by atomic mass is 10.00. The lowest BCUT2D eigenvalue weighted by Crippen LogP contribution is -2.30. The van der Waals surface area contributed by atoms with E-state index in [1.165, 1.54) is 16.8 Å². The largest absolute Gasteiger partial charge is 0.256 e. The molecule has 0 unspecified atom stereocenters. The van der Waals surface area contributed by atoms with E-state index in [9.17, 15) is 0 Å². The standard InChI is InChI=1S/C18H17N2/c1-14-13-15(17-7-3-5-11-19-17)9-10-16(14)18-8-4-6-12-20(18)2/h3-13H,1-2H3/q+1. The molecule has 20 heavy (non-hydrogen) atoms. The van der Waals surface area contributed by atoms with Gasteiger partial charge in [0.25, 0.3) is 0 Å². The first-order valence-corrected chi connectivity index (χ1v) is 6.73. The molecule has 0 aliphatic rings. The third kappa shape index (κ3) is 2.32. The highest BCUT2D eigenvalue weighted by molar-refractivity contribution is 5.68. The van der Waals surface area contributed by atoms with Crippen molar-refractivity contribution >= 4 is 0 Å². The van der Waals surface area contributed by atoms with Gasteiger partial charge in [-0.15, -0.1) is 0 Å². The summed E-state index contributed by atoms with van der Waals surface area (Å²) in [7, 11) is 2.07. The molecular weight excluding hydrogens is 244 g/mol. The van der Waals surface area contributed by atoms with E-state index in [0.29, 0.717) is 0 Å². The molecule has 2 nitrogen and oxygen atoms in total. The topological polar surface area (TPSA) is 16.8 Å². The number of hydrogen-bond acceptors (Lipinski definition) is 1. The molecule has 3 rings (SSSR count). The van der Waals surface area contributed by atoms with Crippen molar-refractivity contribution < 1.29 is 4.57 Å². The average molecular weight is 261 g/mol. The van der Waals surface area contributed by atoms with Gasteiger partial charge >= 0.3 is 0 Å². The van der Waals surface area contributed by atoms with Gasteiger partial charge in [0.15, 0.2) is 6.20 Å². The third-order valence-corrected chi connectivity index (χ3v) is 3.52. The zero-order valence-electron chi connectivity index (χ0n) is 11.7. The van der Waals surface area contributed by atoms with Crippen LogP contribution >= 0.6 is 0 Å². The Balaban J connectivity index is 2.07. The second kappa shape index (κ2) is 5.25. The van der Waals surface area contributed by atoms with E-state index < -0.39 is 0 Å². The van der Waals surface area contributed by atoms with Gasteiger partial charge in [0.05, 0.1) is 5.69 Å². The van der Waals surface area contributed by atoms with Gasteiger partial charge in [-0.25, -0.2) is 4.57 Å². The monoisotopic (exact) mass is 261 g/mol. The zero-order chi connectivity index (χ0) is 13.9. The Hall–Kier alpha value is -2.48. The highest BCUT2D eigenvalue weighted by atomic mass is 14.9. The van der Waals surface area contributed by atoms with Gasteiger partial charge in [0, 0.05) is 29.5 Å². The van der Waals surface area contributed by atoms with Crippen LogP contribution in [-0.2, 0) is 7.05 Å². The van der Waals surface area contributed by atoms with E-state index in [-0.39, 0.29) is 0 Å². The molecule has 3 aromatic rings. The minimum Gasteiger partial charge on any atom is -0.256 e. The normalized spacial score (nSPS) is 10.5. The third-order valence-electron chi connectivity index (χ3n) is 3.52. The van der Waals surface area contributed by atoms with Gasteiger partial charge in [-0.1, -0.05) is 12.1 Å². The second-order valence-electron chi connectivity index (χ2n) is 4.94. The Kier molecular flexibility index (Phi) is 3.30. The van der Waals surface area contributed by atoms with Crippen molar-refractivity contribution in [1.82, 2.24) is 4.98 Å². The number of aromatic nitrogens is 2. The van der Waals surface area contributed by atoms with E-state index in [4.69, 9.17) is 0 Å². The molecule has 0 saturated carbocycles. The molecule has 1 aromatic carbocycles. The van der Waals surface area contributed by atoms with Crippen LogP contribution in [0.25, 0.3) is 22.5 Å². The van der Waals surface area contributed by atoms with Gasteiger partial charge in [-0.05, 0) is 42.8 Å². The maximum absolute atomic E-state index is 4.40. The van der Waals surface area contributed by atoms with Crippen LogP contribution in [0.1, 0.15) is 5.56 Å². The lowest BCUT2D eigenvalue weighted by Gasteiger charge is -2.07. The van der Waals surface area contributed by atoms with Crippen LogP contribution in [-0.4, -0.2) is 4.98 Å². The Labute approximate surface area is 119 Å². The summed E-state index contributed by atoms with van der Waals surface area (Å²) in [5, 5.41) is 0. The molecule has 0 aliphatic heterocycles. The smallest absolute Gasteiger partial charge is 0.212 e. The van der Waals surface area contributed by atoms with Gasteiger partial charge < -0.3 is 0 Å². The number of nitrogens with zero attached hydrogens (tertiary/aromatic N) is 2. The number of aryl methyl sites for hydroxylation is 2. The van der Waals surface area contributed by atoms with Crippen molar-refractivity contribution in [3.8, 4) is 22.5 Å². The van der Waals surface area contributed by atoms with Crippen molar-refractivity contribution in [2.45, 2.75) is 6.92 Å². The molecule has 98 valence electrons. The summed E-state index contributed by atoms with van der Waals surface area (Å²) in [5.74, 6) is 0. The molecule has 0 bridgehead atoms. The average Bonchev–Trinajstić information content (AvgIpc) is 2.49. The first-order chi connectivity index (χ1) is 9.75. The summed E-state index contributed by atoms with van der Waals surface area (Å²) in [5.41, 5.74) is 5.91. The van der Waals surface area contributed by atoms with Gasteiger partial charge in [-0.3, -0.25) is 4.98 Å². The first kappa shape index (κ1) is 12.5. The van der Waals surface area contributed by atoms with Crippen LogP contribution in [0.3, 0.4) is 0 Å².